The van der Waals surface area contributed by atoms with Crippen LogP contribution in [0.4, 0.5) is 4.79 Å². The lowest BCUT2D eigenvalue weighted by atomic mass is 10.0. The maximum atomic E-state index is 12.1. The van der Waals surface area contributed by atoms with Gasteiger partial charge >= 0.3 is 6.03 Å². The van der Waals surface area contributed by atoms with Gasteiger partial charge in [0, 0.05) is 24.5 Å². The molecule has 0 atom stereocenters. The van der Waals surface area contributed by atoms with E-state index in [1.807, 2.05) is 4.90 Å². The lowest BCUT2D eigenvalue weighted by Crippen LogP contribution is -2.42. The zero-order valence-corrected chi connectivity index (χ0v) is 10.7. The summed E-state index contributed by atoms with van der Waals surface area (Å²) in [7, 11) is 0. The number of carbonyl (C=O) groups excluding carboxylic acids is 1. The van der Waals surface area contributed by atoms with Crippen LogP contribution in [0.15, 0.2) is 12.4 Å². The van der Waals surface area contributed by atoms with Crippen molar-refractivity contribution in [3.05, 3.63) is 23.2 Å². The molecule has 0 spiro atoms. The lowest BCUT2D eigenvalue weighted by molar-refractivity contribution is 0.191. The minimum Gasteiger partial charge on any atom is -0.332 e. The maximum Gasteiger partial charge on any atom is 0.318 e. The van der Waals surface area contributed by atoms with Gasteiger partial charge in [0.2, 0.25) is 0 Å². The highest BCUT2D eigenvalue weighted by atomic mass is 35.5. The third-order valence-corrected chi connectivity index (χ3v) is 4.13. The molecule has 2 fully saturated rings. The fourth-order valence-corrected chi connectivity index (χ4v) is 3.14. The van der Waals surface area contributed by atoms with Gasteiger partial charge in [-0.25, -0.2) is 9.78 Å². The average Bonchev–Trinajstić information content (AvgIpc) is 2.97. The van der Waals surface area contributed by atoms with Gasteiger partial charge < -0.3 is 10.2 Å². The second-order valence-electron chi connectivity index (χ2n) is 4.82. The van der Waals surface area contributed by atoms with Crippen molar-refractivity contribution in [2.45, 2.75) is 44.3 Å². The topological polar surface area (TPSA) is 58.1 Å². The van der Waals surface area contributed by atoms with Crippen LogP contribution in [0.5, 0.6) is 0 Å². The van der Waals surface area contributed by atoms with Crippen LogP contribution in [0, 0.1) is 0 Å². The number of carbonyl (C=O) groups is 1. The molecule has 3 rings (SSSR count). The van der Waals surface area contributed by atoms with E-state index in [9.17, 15) is 4.79 Å². The van der Waals surface area contributed by atoms with Gasteiger partial charge in [0.05, 0.1) is 12.2 Å². The smallest absolute Gasteiger partial charge is 0.318 e. The van der Waals surface area contributed by atoms with Crippen molar-refractivity contribution in [1.82, 2.24) is 20.2 Å². The summed E-state index contributed by atoms with van der Waals surface area (Å²) in [6, 6.07) is 0.876. The zero-order chi connectivity index (χ0) is 12.5. The van der Waals surface area contributed by atoms with Crippen molar-refractivity contribution < 1.29 is 4.79 Å². The summed E-state index contributed by atoms with van der Waals surface area (Å²) in [6.45, 7) is 0.335. The normalized spacial score (nSPS) is 25.5. The number of fused-ring (bicyclic) bond motifs is 2. The summed E-state index contributed by atoms with van der Waals surface area (Å²) in [6.07, 6.45) is 7.68. The van der Waals surface area contributed by atoms with E-state index in [1.165, 1.54) is 6.20 Å². The molecule has 5 nitrogen and oxygen atoms in total. The first-order valence-electron chi connectivity index (χ1n) is 6.27. The number of hydrogen-bond donors (Lipinski definition) is 1. The SMILES string of the molecule is O=C(NCc1nccnc1Cl)N1C2CCC1CC2. The van der Waals surface area contributed by atoms with E-state index in [0.717, 1.165) is 25.7 Å². The molecule has 6 heteroatoms. The molecule has 2 aliphatic rings. The molecular weight excluding hydrogens is 252 g/mol. The van der Waals surface area contributed by atoms with Crippen LogP contribution in [-0.4, -0.2) is 33.0 Å². The van der Waals surface area contributed by atoms with Gasteiger partial charge in [-0.1, -0.05) is 11.6 Å². The molecular formula is C12H15ClN4O. The van der Waals surface area contributed by atoms with Crippen LogP contribution in [-0.2, 0) is 6.54 Å². The molecule has 0 radical (unpaired) electrons. The Hall–Kier alpha value is -1.36. The van der Waals surface area contributed by atoms with E-state index in [-0.39, 0.29) is 6.03 Å². The molecule has 2 aliphatic heterocycles. The molecule has 2 saturated heterocycles. The van der Waals surface area contributed by atoms with E-state index in [2.05, 4.69) is 15.3 Å². The summed E-state index contributed by atoms with van der Waals surface area (Å²) < 4.78 is 0. The molecule has 2 bridgehead atoms. The predicted molar refractivity (Wildman–Crippen MR) is 67.2 cm³/mol. The molecule has 1 aromatic rings. The van der Waals surface area contributed by atoms with Gasteiger partial charge in [0.1, 0.15) is 0 Å². The first kappa shape index (κ1) is 11.7. The van der Waals surface area contributed by atoms with E-state index in [4.69, 9.17) is 11.6 Å². The van der Waals surface area contributed by atoms with Crippen LogP contribution >= 0.6 is 11.6 Å². The number of rotatable bonds is 2. The molecule has 2 amide bonds. The number of hydrogen-bond acceptors (Lipinski definition) is 3. The Kier molecular flexibility index (Phi) is 3.07. The maximum absolute atomic E-state index is 12.1. The Labute approximate surface area is 111 Å². The summed E-state index contributed by atoms with van der Waals surface area (Å²) in [5.41, 5.74) is 0.610. The van der Waals surface area contributed by atoms with Gasteiger partial charge in [-0.15, -0.1) is 0 Å². The first-order valence-corrected chi connectivity index (χ1v) is 6.65. The largest absolute Gasteiger partial charge is 0.332 e. The monoisotopic (exact) mass is 266 g/mol. The number of nitrogens with zero attached hydrogens (tertiary/aromatic N) is 3. The number of halogens is 1. The van der Waals surface area contributed by atoms with Gasteiger partial charge in [-0.05, 0) is 25.7 Å². The minimum absolute atomic E-state index is 0.00159. The van der Waals surface area contributed by atoms with Crippen molar-refractivity contribution >= 4 is 17.6 Å². The van der Waals surface area contributed by atoms with Crippen LogP contribution in [0.3, 0.4) is 0 Å². The number of amides is 2. The van der Waals surface area contributed by atoms with Gasteiger partial charge in [0.15, 0.2) is 5.15 Å². The standard InChI is InChI=1S/C12H15ClN4O/c13-11-10(14-5-6-15-11)7-16-12(18)17-8-1-2-9(17)4-3-8/h5-6,8-9H,1-4,7H2,(H,16,18). The third kappa shape index (κ3) is 2.03. The number of aromatic nitrogens is 2. The zero-order valence-electron chi connectivity index (χ0n) is 9.97. The van der Waals surface area contributed by atoms with Crippen molar-refractivity contribution in [3.8, 4) is 0 Å². The fourth-order valence-electron chi connectivity index (χ4n) is 2.96. The van der Waals surface area contributed by atoms with Crippen LogP contribution < -0.4 is 5.32 Å². The molecule has 3 heterocycles. The molecule has 96 valence electrons. The molecule has 0 aliphatic carbocycles. The molecule has 1 N–H and O–H groups in total. The van der Waals surface area contributed by atoms with Gasteiger partial charge in [0.25, 0.3) is 0 Å². The molecule has 18 heavy (non-hydrogen) atoms. The molecule has 1 aromatic heterocycles. The average molecular weight is 267 g/mol. The summed E-state index contributed by atoms with van der Waals surface area (Å²) in [5.74, 6) is 0. The van der Waals surface area contributed by atoms with Crippen molar-refractivity contribution in [2.24, 2.45) is 0 Å². The summed E-state index contributed by atoms with van der Waals surface area (Å²) in [4.78, 5) is 22.1. The molecule has 0 aromatic carbocycles. The highest BCUT2D eigenvalue weighted by Crippen LogP contribution is 2.37. The van der Waals surface area contributed by atoms with Crippen LogP contribution in [0.2, 0.25) is 5.15 Å². The van der Waals surface area contributed by atoms with Crippen molar-refractivity contribution in [3.63, 3.8) is 0 Å². The summed E-state index contributed by atoms with van der Waals surface area (Å²) in [5, 5.41) is 3.23. The second-order valence-corrected chi connectivity index (χ2v) is 5.18. The number of nitrogens with one attached hydrogen (secondary N) is 1. The number of urea groups is 1. The van der Waals surface area contributed by atoms with E-state index in [1.54, 1.807) is 6.20 Å². The Bertz CT molecular complexity index is 447. The van der Waals surface area contributed by atoms with Gasteiger partial charge in [-0.2, -0.15) is 0 Å². The lowest BCUT2D eigenvalue weighted by Gasteiger charge is -2.22. The van der Waals surface area contributed by atoms with Crippen LogP contribution in [0.25, 0.3) is 0 Å². The Morgan fingerprint density at radius 1 is 1.28 bits per heavy atom. The van der Waals surface area contributed by atoms with E-state index in [0.29, 0.717) is 29.5 Å². The predicted octanol–water partition coefficient (Wildman–Crippen LogP) is 1.97. The first-order chi connectivity index (χ1) is 8.75. The highest BCUT2D eigenvalue weighted by molar-refractivity contribution is 6.29. The Morgan fingerprint density at radius 3 is 2.50 bits per heavy atom. The van der Waals surface area contributed by atoms with Crippen LogP contribution in [0.1, 0.15) is 31.4 Å². The summed E-state index contributed by atoms with van der Waals surface area (Å²) >= 11 is 5.90. The fraction of sp³-hybridized carbons (Fsp3) is 0.583. The van der Waals surface area contributed by atoms with E-state index >= 15 is 0 Å². The second kappa shape index (κ2) is 4.72. The minimum atomic E-state index is 0.00159. The third-order valence-electron chi connectivity index (χ3n) is 3.82. The Balaban J connectivity index is 1.61. The molecule has 0 saturated carbocycles. The quantitative estimate of drug-likeness (QED) is 0.890. The van der Waals surface area contributed by atoms with Gasteiger partial charge in [-0.3, -0.25) is 4.98 Å². The van der Waals surface area contributed by atoms with Crippen molar-refractivity contribution in [1.29, 1.82) is 0 Å². The van der Waals surface area contributed by atoms with E-state index < -0.39 is 0 Å². The Morgan fingerprint density at radius 2 is 1.89 bits per heavy atom. The van der Waals surface area contributed by atoms with Crippen molar-refractivity contribution in [2.75, 3.05) is 0 Å². The molecule has 0 unspecified atom stereocenters. The highest BCUT2D eigenvalue weighted by Gasteiger charge is 2.41.